The summed E-state index contributed by atoms with van der Waals surface area (Å²) in [6.07, 6.45) is 5.73. The van der Waals surface area contributed by atoms with Crippen molar-refractivity contribution in [3.05, 3.63) is 53.1 Å². The van der Waals surface area contributed by atoms with Gasteiger partial charge in [-0.15, -0.1) is 0 Å². The van der Waals surface area contributed by atoms with E-state index >= 15 is 0 Å². The minimum atomic E-state index is -3.81. The SMILES string of the molecule is COCCOCO[C@H](/C=C/CCOS(=O)(=O)c1ccc(C)cc1)[C@@H]1CCC(C)=C(COC(C)=O)C1(C)C. The Hall–Kier alpha value is -2.04. The second-order valence-corrected chi connectivity index (χ2v) is 11.5. The molecule has 2 rings (SSSR count). The van der Waals surface area contributed by atoms with Crippen LogP contribution in [-0.2, 0) is 38.0 Å². The fourth-order valence-electron chi connectivity index (χ4n) is 4.58. The number of ether oxygens (including phenoxy) is 4. The number of esters is 1. The number of carbonyl (C=O) groups excluding carboxylic acids is 1. The van der Waals surface area contributed by atoms with Crippen molar-refractivity contribution in [2.24, 2.45) is 11.3 Å². The summed E-state index contributed by atoms with van der Waals surface area (Å²) in [4.78, 5) is 11.6. The molecular weight excluding hydrogens is 496 g/mol. The van der Waals surface area contributed by atoms with E-state index in [4.69, 9.17) is 23.1 Å². The minimum absolute atomic E-state index is 0.0224. The average Bonchev–Trinajstić information content (AvgIpc) is 2.82. The van der Waals surface area contributed by atoms with E-state index in [1.165, 1.54) is 12.5 Å². The van der Waals surface area contributed by atoms with Gasteiger partial charge in [-0.25, -0.2) is 0 Å². The lowest BCUT2D eigenvalue weighted by Crippen LogP contribution is -2.40. The standard InChI is InChI=1S/C28H42O8S/c1-21-10-13-24(14-11-21)37(30,31)36-16-8-7-9-27(35-20-33-18-17-32-6)25-15-12-22(2)26(28(25,4)5)19-34-23(3)29/h7,9-11,13-14,25,27H,8,12,15-20H2,1-6H3/b9-7+/t25-,27+/m0/s1. The van der Waals surface area contributed by atoms with E-state index in [-0.39, 0.29) is 48.3 Å². The van der Waals surface area contributed by atoms with Crippen molar-refractivity contribution in [3.8, 4) is 0 Å². The molecule has 37 heavy (non-hydrogen) atoms. The molecule has 1 aromatic carbocycles. The summed E-state index contributed by atoms with van der Waals surface area (Å²) in [5, 5.41) is 0. The van der Waals surface area contributed by atoms with Gasteiger partial charge in [0.2, 0.25) is 0 Å². The van der Waals surface area contributed by atoms with Crippen LogP contribution in [0.25, 0.3) is 0 Å². The zero-order valence-corrected chi connectivity index (χ0v) is 23.8. The zero-order valence-electron chi connectivity index (χ0n) is 22.9. The van der Waals surface area contributed by atoms with Crippen LogP contribution >= 0.6 is 0 Å². The summed E-state index contributed by atoms with van der Waals surface area (Å²) in [7, 11) is -2.20. The summed E-state index contributed by atoms with van der Waals surface area (Å²) in [5.74, 6) is -0.209. The van der Waals surface area contributed by atoms with Crippen molar-refractivity contribution in [1.82, 2.24) is 0 Å². The molecule has 0 fully saturated rings. The van der Waals surface area contributed by atoms with Crippen LogP contribution in [0, 0.1) is 18.3 Å². The van der Waals surface area contributed by atoms with Gasteiger partial charge in [0, 0.05) is 14.0 Å². The Morgan fingerprint density at radius 3 is 2.49 bits per heavy atom. The molecule has 0 unspecified atom stereocenters. The molecule has 0 aliphatic heterocycles. The highest BCUT2D eigenvalue weighted by atomic mass is 32.2. The van der Waals surface area contributed by atoms with E-state index in [2.05, 4.69) is 20.8 Å². The molecule has 1 aromatic rings. The van der Waals surface area contributed by atoms with Crippen LogP contribution < -0.4 is 0 Å². The molecule has 0 N–H and O–H groups in total. The lowest BCUT2D eigenvalue weighted by Gasteiger charge is -2.44. The van der Waals surface area contributed by atoms with E-state index in [9.17, 15) is 13.2 Å². The number of rotatable bonds is 15. The second kappa shape index (κ2) is 14.8. The fraction of sp³-hybridized carbons (Fsp3) is 0.607. The van der Waals surface area contributed by atoms with Crippen molar-refractivity contribution in [2.75, 3.05) is 40.3 Å². The van der Waals surface area contributed by atoms with Crippen molar-refractivity contribution in [3.63, 3.8) is 0 Å². The van der Waals surface area contributed by atoms with E-state index in [0.29, 0.717) is 19.6 Å². The lowest BCUT2D eigenvalue weighted by atomic mass is 9.63. The van der Waals surface area contributed by atoms with Gasteiger partial charge in [0.1, 0.15) is 13.4 Å². The Balaban J connectivity index is 2.08. The maximum absolute atomic E-state index is 12.4. The summed E-state index contributed by atoms with van der Waals surface area (Å²) >= 11 is 0. The highest BCUT2D eigenvalue weighted by Crippen LogP contribution is 2.47. The first-order chi connectivity index (χ1) is 17.5. The minimum Gasteiger partial charge on any atom is -0.461 e. The van der Waals surface area contributed by atoms with E-state index in [1.54, 1.807) is 31.4 Å². The summed E-state index contributed by atoms with van der Waals surface area (Å²) in [6, 6.07) is 6.57. The zero-order chi connectivity index (χ0) is 27.5. The van der Waals surface area contributed by atoms with Crippen LogP contribution in [0.5, 0.6) is 0 Å². The molecule has 0 amide bonds. The number of carbonyl (C=O) groups is 1. The third kappa shape index (κ3) is 9.65. The molecular formula is C28H42O8S. The fourth-order valence-corrected chi connectivity index (χ4v) is 5.50. The quantitative estimate of drug-likeness (QED) is 0.102. The van der Waals surface area contributed by atoms with Gasteiger partial charge in [-0.2, -0.15) is 8.42 Å². The first-order valence-corrected chi connectivity index (χ1v) is 14.0. The van der Waals surface area contributed by atoms with Gasteiger partial charge in [-0.1, -0.05) is 49.3 Å². The largest absolute Gasteiger partial charge is 0.461 e. The smallest absolute Gasteiger partial charge is 0.302 e. The summed E-state index contributed by atoms with van der Waals surface area (Å²) < 4.78 is 52.2. The van der Waals surface area contributed by atoms with Gasteiger partial charge in [-0.05, 0) is 62.1 Å². The third-order valence-corrected chi connectivity index (χ3v) is 8.13. The van der Waals surface area contributed by atoms with E-state index < -0.39 is 10.1 Å². The van der Waals surface area contributed by atoms with Gasteiger partial charge in [0.25, 0.3) is 10.1 Å². The van der Waals surface area contributed by atoms with Gasteiger partial charge in [0.05, 0.1) is 30.8 Å². The average molecular weight is 539 g/mol. The molecule has 0 aromatic heterocycles. The predicted octanol–water partition coefficient (Wildman–Crippen LogP) is 4.97. The molecule has 0 saturated carbocycles. The summed E-state index contributed by atoms with van der Waals surface area (Å²) in [5.41, 5.74) is 3.03. The summed E-state index contributed by atoms with van der Waals surface area (Å²) in [6.45, 7) is 11.0. The van der Waals surface area contributed by atoms with Crippen molar-refractivity contribution in [2.45, 2.75) is 64.9 Å². The highest BCUT2D eigenvalue weighted by Gasteiger charge is 2.41. The first-order valence-electron chi connectivity index (χ1n) is 12.6. The lowest BCUT2D eigenvalue weighted by molar-refractivity contribution is -0.140. The van der Waals surface area contributed by atoms with Gasteiger partial charge >= 0.3 is 5.97 Å². The maximum Gasteiger partial charge on any atom is 0.302 e. The monoisotopic (exact) mass is 538 g/mol. The highest BCUT2D eigenvalue weighted by molar-refractivity contribution is 7.86. The van der Waals surface area contributed by atoms with Crippen molar-refractivity contribution >= 4 is 16.1 Å². The number of allylic oxidation sites excluding steroid dienone is 1. The normalized spacial score (nSPS) is 18.8. The first kappa shape index (κ1) is 31.2. The van der Waals surface area contributed by atoms with Crippen molar-refractivity contribution < 1.29 is 36.3 Å². The van der Waals surface area contributed by atoms with Crippen LogP contribution in [-0.4, -0.2) is 60.8 Å². The van der Waals surface area contributed by atoms with Crippen LogP contribution in [0.3, 0.4) is 0 Å². The van der Waals surface area contributed by atoms with Gasteiger partial charge in [0.15, 0.2) is 0 Å². The number of benzene rings is 1. The number of methoxy groups -OCH3 is 1. The van der Waals surface area contributed by atoms with E-state index in [0.717, 1.165) is 24.0 Å². The molecule has 0 spiro atoms. The van der Waals surface area contributed by atoms with Crippen LogP contribution in [0.4, 0.5) is 0 Å². The Labute approximate surface area is 222 Å². The number of aryl methyl sites for hydroxylation is 1. The van der Waals surface area contributed by atoms with Crippen LogP contribution in [0.1, 0.15) is 52.5 Å². The van der Waals surface area contributed by atoms with Gasteiger partial charge in [-0.3, -0.25) is 8.98 Å². The molecule has 0 radical (unpaired) electrons. The third-order valence-electron chi connectivity index (χ3n) is 6.80. The molecule has 0 bridgehead atoms. The molecule has 8 nitrogen and oxygen atoms in total. The number of hydrogen-bond acceptors (Lipinski definition) is 8. The Kier molecular flexibility index (Phi) is 12.5. The molecule has 208 valence electrons. The molecule has 0 saturated heterocycles. The molecule has 9 heteroatoms. The molecule has 1 aliphatic rings. The molecule has 2 atom stereocenters. The predicted molar refractivity (Wildman–Crippen MR) is 141 cm³/mol. The Bertz CT molecular complexity index is 1020. The van der Waals surface area contributed by atoms with Gasteiger partial charge < -0.3 is 18.9 Å². The van der Waals surface area contributed by atoms with E-state index in [1.807, 2.05) is 19.1 Å². The van der Waals surface area contributed by atoms with Crippen molar-refractivity contribution in [1.29, 1.82) is 0 Å². The number of hydrogen-bond donors (Lipinski definition) is 0. The molecule has 1 aliphatic carbocycles. The molecule has 0 heterocycles. The Morgan fingerprint density at radius 1 is 1.14 bits per heavy atom. The van der Waals surface area contributed by atoms with Crippen LogP contribution in [0.2, 0.25) is 0 Å². The Morgan fingerprint density at radius 2 is 1.84 bits per heavy atom. The maximum atomic E-state index is 12.4. The van der Waals surface area contributed by atoms with Crippen LogP contribution in [0.15, 0.2) is 52.5 Å². The topological polar surface area (TPSA) is 97.4 Å². The second-order valence-electron chi connectivity index (χ2n) is 9.86.